The van der Waals surface area contributed by atoms with Gasteiger partial charge in [-0.1, -0.05) is 42.5 Å². The van der Waals surface area contributed by atoms with Crippen molar-refractivity contribution in [1.29, 1.82) is 0 Å². The Morgan fingerprint density at radius 1 is 1.09 bits per heavy atom. The normalized spacial score (nSPS) is 10.8. The van der Waals surface area contributed by atoms with Gasteiger partial charge in [0, 0.05) is 24.2 Å². The van der Waals surface area contributed by atoms with Crippen molar-refractivity contribution in [2.45, 2.75) is 13.0 Å². The summed E-state index contributed by atoms with van der Waals surface area (Å²) in [4.78, 5) is 9.31. The van der Waals surface area contributed by atoms with Crippen molar-refractivity contribution in [1.82, 2.24) is 9.55 Å². The van der Waals surface area contributed by atoms with Gasteiger partial charge in [0.1, 0.15) is 5.75 Å². The first-order chi connectivity index (χ1) is 11.3. The van der Waals surface area contributed by atoms with Gasteiger partial charge in [-0.25, -0.2) is 10.9 Å². The Balaban J connectivity index is 1.95. The Bertz CT molecular complexity index is 769. The SMILES string of the molecule is NOCCc1c(-c2ccccc2)ncn1Cc1cccc(O)c1. The molecule has 0 aliphatic carbocycles. The molecule has 0 unspecified atom stereocenters. The summed E-state index contributed by atoms with van der Waals surface area (Å²) < 4.78 is 2.07. The van der Waals surface area contributed by atoms with Crippen LogP contribution in [0.2, 0.25) is 0 Å². The molecule has 1 heterocycles. The van der Waals surface area contributed by atoms with E-state index in [9.17, 15) is 5.11 Å². The number of phenols is 1. The minimum atomic E-state index is 0.262. The smallest absolute Gasteiger partial charge is 0.115 e. The first-order valence-electron chi connectivity index (χ1n) is 7.47. The van der Waals surface area contributed by atoms with Gasteiger partial charge in [0.15, 0.2) is 0 Å². The second-order valence-electron chi connectivity index (χ2n) is 5.32. The maximum atomic E-state index is 9.62. The number of rotatable bonds is 6. The molecule has 5 heteroatoms. The highest BCUT2D eigenvalue weighted by Gasteiger charge is 2.13. The van der Waals surface area contributed by atoms with Crippen LogP contribution < -0.4 is 5.90 Å². The molecule has 3 rings (SSSR count). The zero-order chi connectivity index (χ0) is 16.1. The average molecular weight is 309 g/mol. The van der Waals surface area contributed by atoms with E-state index in [1.54, 1.807) is 12.1 Å². The van der Waals surface area contributed by atoms with Gasteiger partial charge in [-0.15, -0.1) is 0 Å². The highest BCUT2D eigenvalue weighted by atomic mass is 16.6. The van der Waals surface area contributed by atoms with Gasteiger partial charge >= 0.3 is 0 Å². The topological polar surface area (TPSA) is 73.3 Å². The minimum Gasteiger partial charge on any atom is -0.508 e. The molecule has 0 amide bonds. The lowest BCUT2D eigenvalue weighted by Gasteiger charge is -2.10. The number of aromatic nitrogens is 2. The van der Waals surface area contributed by atoms with Crippen LogP contribution in [0.1, 0.15) is 11.3 Å². The third-order valence-electron chi connectivity index (χ3n) is 3.71. The van der Waals surface area contributed by atoms with E-state index >= 15 is 0 Å². The summed E-state index contributed by atoms with van der Waals surface area (Å²) in [7, 11) is 0. The van der Waals surface area contributed by atoms with Crippen LogP contribution in [-0.4, -0.2) is 21.3 Å². The van der Waals surface area contributed by atoms with E-state index in [2.05, 4.69) is 9.55 Å². The lowest BCUT2D eigenvalue weighted by atomic mass is 10.1. The van der Waals surface area contributed by atoms with Crippen LogP contribution in [-0.2, 0) is 17.8 Å². The van der Waals surface area contributed by atoms with Gasteiger partial charge in [-0.2, -0.15) is 0 Å². The van der Waals surface area contributed by atoms with E-state index in [0.717, 1.165) is 22.5 Å². The van der Waals surface area contributed by atoms with Gasteiger partial charge in [-0.05, 0) is 17.7 Å². The Morgan fingerprint density at radius 2 is 1.91 bits per heavy atom. The maximum Gasteiger partial charge on any atom is 0.115 e. The van der Waals surface area contributed by atoms with E-state index in [-0.39, 0.29) is 5.75 Å². The van der Waals surface area contributed by atoms with Crippen molar-refractivity contribution < 1.29 is 9.94 Å². The molecule has 3 aromatic rings. The molecular formula is C18H19N3O2. The predicted molar refractivity (Wildman–Crippen MR) is 88.7 cm³/mol. The van der Waals surface area contributed by atoms with Crippen molar-refractivity contribution in [2.75, 3.05) is 6.61 Å². The summed E-state index contributed by atoms with van der Waals surface area (Å²) in [6, 6.07) is 17.3. The number of benzene rings is 2. The molecule has 23 heavy (non-hydrogen) atoms. The molecule has 0 spiro atoms. The monoisotopic (exact) mass is 309 g/mol. The maximum absolute atomic E-state index is 9.62. The number of hydrogen-bond donors (Lipinski definition) is 2. The molecule has 5 nitrogen and oxygen atoms in total. The molecule has 0 aliphatic heterocycles. The number of phenolic OH excluding ortho intramolecular Hbond substituents is 1. The number of hydrogen-bond acceptors (Lipinski definition) is 4. The highest BCUT2D eigenvalue weighted by molar-refractivity contribution is 5.61. The Labute approximate surface area is 134 Å². The average Bonchev–Trinajstić information content (AvgIpc) is 2.96. The number of nitrogens with two attached hydrogens (primary N) is 1. The van der Waals surface area contributed by atoms with Crippen LogP contribution in [0.25, 0.3) is 11.3 Å². The zero-order valence-electron chi connectivity index (χ0n) is 12.7. The molecule has 0 fully saturated rings. The second kappa shape index (κ2) is 7.09. The van der Waals surface area contributed by atoms with Crippen LogP contribution in [0, 0.1) is 0 Å². The lowest BCUT2D eigenvalue weighted by molar-refractivity contribution is 0.140. The molecular weight excluding hydrogens is 290 g/mol. The standard InChI is InChI=1S/C18H19N3O2/c19-23-10-9-17-18(15-6-2-1-3-7-15)20-13-21(17)12-14-5-4-8-16(22)11-14/h1-8,11,13,22H,9-10,12,19H2. The number of aromatic hydroxyl groups is 1. The molecule has 118 valence electrons. The second-order valence-corrected chi connectivity index (χ2v) is 5.32. The molecule has 1 aromatic heterocycles. The Morgan fingerprint density at radius 3 is 2.65 bits per heavy atom. The molecule has 0 aliphatic rings. The first-order valence-corrected chi connectivity index (χ1v) is 7.47. The first kappa shape index (κ1) is 15.3. The summed E-state index contributed by atoms with van der Waals surface area (Å²) in [6.07, 6.45) is 2.48. The van der Waals surface area contributed by atoms with Gasteiger partial charge < -0.3 is 14.5 Å². The number of imidazole rings is 1. The van der Waals surface area contributed by atoms with E-state index < -0.39 is 0 Å². The largest absolute Gasteiger partial charge is 0.508 e. The summed E-state index contributed by atoms with van der Waals surface area (Å²) in [5, 5.41) is 9.62. The van der Waals surface area contributed by atoms with Crippen LogP contribution in [0.3, 0.4) is 0 Å². The molecule has 0 atom stereocenters. The summed E-state index contributed by atoms with van der Waals surface area (Å²) >= 11 is 0. The van der Waals surface area contributed by atoms with Gasteiger partial charge in [-0.3, -0.25) is 0 Å². The minimum absolute atomic E-state index is 0.262. The van der Waals surface area contributed by atoms with Crippen molar-refractivity contribution >= 4 is 0 Å². The third kappa shape index (κ3) is 3.59. The molecule has 0 saturated heterocycles. The molecule has 3 N–H and O–H groups in total. The van der Waals surface area contributed by atoms with Crippen LogP contribution >= 0.6 is 0 Å². The summed E-state index contributed by atoms with van der Waals surface area (Å²) in [5.41, 5.74) is 4.07. The van der Waals surface area contributed by atoms with Gasteiger partial charge in [0.05, 0.1) is 18.6 Å². The molecule has 0 bridgehead atoms. The molecule has 2 aromatic carbocycles. The van der Waals surface area contributed by atoms with Crippen molar-refractivity contribution in [3.05, 3.63) is 72.2 Å². The Hall–Kier alpha value is -2.63. The molecule has 0 radical (unpaired) electrons. The van der Waals surface area contributed by atoms with E-state index in [1.165, 1.54) is 0 Å². The number of nitrogens with zero attached hydrogens (tertiary/aromatic N) is 2. The van der Waals surface area contributed by atoms with E-state index in [4.69, 9.17) is 10.7 Å². The van der Waals surface area contributed by atoms with Crippen LogP contribution in [0.4, 0.5) is 0 Å². The van der Waals surface area contributed by atoms with Crippen LogP contribution in [0.15, 0.2) is 60.9 Å². The summed E-state index contributed by atoms with van der Waals surface area (Å²) in [5.74, 6) is 5.46. The van der Waals surface area contributed by atoms with E-state index in [1.807, 2.05) is 48.8 Å². The van der Waals surface area contributed by atoms with Crippen molar-refractivity contribution in [2.24, 2.45) is 5.90 Å². The van der Waals surface area contributed by atoms with E-state index in [0.29, 0.717) is 19.6 Å². The third-order valence-corrected chi connectivity index (χ3v) is 3.71. The van der Waals surface area contributed by atoms with Gasteiger partial charge in [0.2, 0.25) is 0 Å². The fourth-order valence-corrected chi connectivity index (χ4v) is 2.65. The Kier molecular flexibility index (Phi) is 4.71. The van der Waals surface area contributed by atoms with Crippen molar-refractivity contribution in [3.63, 3.8) is 0 Å². The fourth-order valence-electron chi connectivity index (χ4n) is 2.65. The van der Waals surface area contributed by atoms with Crippen molar-refractivity contribution in [3.8, 4) is 17.0 Å². The molecule has 0 saturated carbocycles. The highest BCUT2D eigenvalue weighted by Crippen LogP contribution is 2.23. The summed E-state index contributed by atoms with van der Waals surface area (Å²) in [6.45, 7) is 1.06. The van der Waals surface area contributed by atoms with Crippen LogP contribution in [0.5, 0.6) is 5.75 Å². The lowest BCUT2D eigenvalue weighted by Crippen LogP contribution is -2.10. The predicted octanol–water partition coefficient (Wildman–Crippen LogP) is 2.74. The zero-order valence-corrected chi connectivity index (χ0v) is 12.7. The quantitative estimate of drug-likeness (QED) is 0.687. The van der Waals surface area contributed by atoms with Gasteiger partial charge in [0.25, 0.3) is 0 Å². The fraction of sp³-hybridized carbons (Fsp3) is 0.167.